The van der Waals surface area contributed by atoms with Crippen molar-refractivity contribution in [2.45, 2.75) is 39.5 Å². The van der Waals surface area contributed by atoms with E-state index < -0.39 is 12.3 Å². The van der Waals surface area contributed by atoms with Gasteiger partial charge in [-0.3, -0.25) is 4.79 Å². The Morgan fingerprint density at radius 1 is 1.29 bits per heavy atom. The minimum absolute atomic E-state index is 0.178. The Bertz CT molecular complexity index is 216. The number of amides is 1. The van der Waals surface area contributed by atoms with E-state index in [4.69, 9.17) is 0 Å². The standard InChI is InChI=1S/C10H17F2NO/c1-10(2)4-3-6-13(7-5-10)9(14)8(11)12/h8H,3-7H2,1-2H3. The van der Waals surface area contributed by atoms with Gasteiger partial charge in [0.25, 0.3) is 5.91 Å². The molecule has 1 fully saturated rings. The number of likely N-dealkylation sites (tertiary alicyclic amines) is 1. The van der Waals surface area contributed by atoms with Gasteiger partial charge in [-0.25, -0.2) is 0 Å². The fourth-order valence-electron chi connectivity index (χ4n) is 1.78. The molecule has 1 aliphatic heterocycles. The zero-order valence-corrected chi connectivity index (χ0v) is 8.72. The maximum atomic E-state index is 12.1. The molecular formula is C10H17F2NO. The number of carbonyl (C=O) groups is 1. The van der Waals surface area contributed by atoms with Crippen LogP contribution in [0.15, 0.2) is 0 Å². The first-order chi connectivity index (χ1) is 6.42. The monoisotopic (exact) mass is 205 g/mol. The molecule has 14 heavy (non-hydrogen) atoms. The second kappa shape index (κ2) is 4.24. The van der Waals surface area contributed by atoms with Crippen LogP contribution in [0.5, 0.6) is 0 Å². The Kier molecular flexibility index (Phi) is 3.45. The second-order valence-electron chi connectivity index (χ2n) is 4.64. The predicted octanol–water partition coefficient (Wildman–Crippen LogP) is 2.29. The van der Waals surface area contributed by atoms with Crippen molar-refractivity contribution in [3.63, 3.8) is 0 Å². The Balaban J connectivity index is 2.54. The van der Waals surface area contributed by atoms with Gasteiger partial charge in [0.15, 0.2) is 0 Å². The summed E-state index contributed by atoms with van der Waals surface area (Å²) in [6.45, 7) is 5.18. The van der Waals surface area contributed by atoms with E-state index in [2.05, 4.69) is 13.8 Å². The summed E-state index contributed by atoms with van der Waals surface area (Å²) < 4.78 is 24.3. The third-order valence-corrected chi connectivity index (χ3v) is 2.84. The zero-order chi connectivity index (χ0) is 10.8. The summed E-state index contributed by atoms with van der Waals surface area (Å²) in [5.41, 5.74) is 0.178. The molecule has 0 N–H and O–H groups in total. The minimum Gasteiger partial charge on any atom is -0.338 e. The van der Waals surface area contributed by atoms with Crippen molar-refractivity contribution < 1.29 is 13.6 Å². The summed E-state index contributed by atoms with van der Waals surface area (Å²) in [6.07, 6.45) is -0.215. The van der Waals surface area contributed by atoms with E-state index in [-0.39, 0.29) is 5.41 Å². The van der Waals surface area contributed by atoms with Crippen molar-refractivity contribution in [1.29, 1.82) is 0 Å². The maximum absolute atomic E-state index is 12.1. The number of nitrogens with zero attached hydrogens (tertiary/aromatic N) is 1. The lowest BCUT2D eigenvalue weighted by Crippen LogP contribution is -2.36. The summed E-state index contributed by atoms with van der Waals surface area (Å²) in [7, 11) is 0. The Hall–Kier alpha value is -0.670. The minimum atomic E-state index is -2.85. The molecule has 0 aliphatic carbocycles. The highest BCUT2D eigenvalue weighted by Gasteiger charge is 2.28. The van der Waals surface area contributed by atoms with E-state index in [9.17, 15) is 13.6 Å². The molecule has 1 saturated heterocycles. The molecule has 82 valence electrons. The number of halogens is 2. The van der Waals surface area contributed by atoms with E-state index >= 15 is 0 Å². The van der Waals surface area contributed by atoms with Crippen LogP contribution < -0.4 is 0 Å². The van der Waals surface area contributed by atoms with Crippen LogP contribution in [0, 0.1) is 5.41 Å². The van der Waals surface area contributed by atoms with Crippen LogP contribution in [-0.2, 0) is 4.79 Å². The molecule has 2 nitrogen and oxygen atoms in total. The van der Waals surface area contributed by atoms with Gasteiger partial charge >= 0.3 is 6.43 Å². The molecule has 0 bridgehead atoms. The Morgan fingerprint density at radius 3 is 2.50 bits per heavy atom. The van der Waals surface area contributed by atoms with Gasteiger partial charge in [-0.2, -0.15) is 8.78 Å². The molecule has 1 aliphatic rings. The van der Waals surface area contributed by atoms with Crippen LogP contribution in [0.4, 0.5) is 8.78 Å². The molecule has 1 rings (SSSR count). The van der Waals surface area contributed by atoms with E-state index in [1.54, 1.807) is 0 Å². The first-order valence-corrected chi connectivity index (χ1v) is 4.99. The summed E-state index contributed by atoms with van der Waals surface area (Å²) in [5, 5.41) is 0. The first-order valence-electron chi connectivity index (χ1n) is 4.99. The van der Waals surface area contributed by atoms with Crippen molar-refractivity contribution in [3.8, 4) is 0 Å². The van der Waals surface area contributed by atoms with E-state index in [1.807, 2.05) is 0 Å². The van der Waals surface area contributed by atoms with Crippen molar-refractivity contribution in [2.24, 2.45) is 5.41 Å². The highest BCUT2D eigenvalue weighted by molar-refractivity contribution is 5.79. The van der Waals surface area contributed by atoms with Crippen LogP contribution in [0.2, 0.25) is 0 Å². The molecule has 0 atom stereocenters. The number of carbonyl (C=O) groups excluding carboxylic acids is 1. The molecule has 0 aromatic carbocycles. The van der Waals surface area contributed by atoms with Gasteiger partial charge in [-0.15, -0.1) is 0 Å². The fraction of sp³-hybridized carbons (Fsp3) is 0.900. The molecule has 0 spiro atoms. The van der Waals surface area contributed by atoms with E-state index in [0.717, 1.165) is 19.3 Å². The van der Waals surface area contributed by atoms with Crippen LogP contribution in [0.1, 0.15) is 33.1 Å². The lowest BCUT2D eigenvalue weighted by atomic mass is 9.85. The van der Waals surface area contributed by atoms with Crippen LogP contribution >= 0.6 is 0 Å². The molecule has 1 heterocycles. The largest absolute Gasteiger partial charge is 0.338 e. The molecule has 0 aromatic heterocycles. The van der Waals surface area contributed by atoms with Crippen LogP contribution in [0.25, 0.3) is 0 Å². The number of hydrogen-bond donors (Lipinski definition) is 0. The fourth-order valence-corrected chi connectivity index (χ4v) is 1.78. The van der Waals surface area contributed by atoms with Gasteiger partial charge in [0.05, 0.1) is 0 Å². The summed E-state index contributed by atoms with van der Waals surface area (Å²) in [4.78, 5) is 12.3. The smallest absolute Gasteiger partial charge is 0.315 e. The molecule has 0 saturated carbocycles. The molecule has 1 amide bonds. The van der Waals surface area contributed by atoms with Crippen LogP contribution in [0.3, 0.4) is 0 Å². The molecule has 4 heteroatoms. The topological polar surface area (TPSA) is 20.3 Å². The number of alkyl halides is 2. The summed E-state index contributed by atoms with van der Waals surface area (Å²) in [5.74, 6) is -1.01. The second-order valence-corrected chi connectivity index (χ2v) is 4.64. The predicted molar refractivity (Wildman–Crippen MR) is 50.2 cm³/mol. The average Bonchev–Trinajstić information content (AvgIpc) is 2.25. The highest BCUT2D eigenvalue weighted by Crippen LogP contribution is 2.29. The molecule has 0 aromatic rings. The van der Waals surface area contributed by atoms with Gasteiger partial charge in [-0.05, 0) is 24.7 Å². The Morgan fingerprint density at radius 2 is 1.93 bits per heavy atom. The molecular weight excluding hydrogens is 188 g/mol. The Labute approximate surface area is 83.3 Å². The SMILES string of the molecule is CC1(C)CCCN(C(=O)C(F)F)CC1. The van der Waals surface area contributed by atoms with Crippen molar-refractivity contribution >= 4 is 5.91 Å². The van der Waals surface area contributed by atoms with Gasteiger partial charge < -0.3 is 4.90 Å². The lowest BCUT2D eigenvalue weighted by molar-refractivity contribution is -0.142. The van der Waals surface area contributed by atoms with Gasteiger partial charge in [0, 0.05) is 13.1 Å². The average molecular weight is 205 g/mol. The highest BCUT2D eigenvalue weighted by atomic mass is 19.3. The van der Waals surface area contributed by atoms with E-state index in [1.165, 1.54) is 4.90 Å². The third-order valence-electron chi connectivity index (χ3n) is 2.84. The lowest BCUT2D eigenvalue weighted by Gasteiger charge is -2.23. The van der Waals surface area contributed by atoms with Gasteiger partial charge in [0.1, 0.15) is 0 Å². The molecule has 0 radical (unpaired) electrons. The third kappa shape index (κ3) is 2.93. The first kappa shape index (κ1) is 11.4. The van der Waals surface area contributed by atoms with Crippen LogP contribution in [-0.4, -0.2) is 30.3 Å². The van der Waals surface area contributed by atoms with Crippen molar-refractivity contribution in [1.82, 2.24) is 4.90 Å². The van der Waals surface area contributed by atoms with Crippen molar-refractivity contribution in [3.05, 3.63) is 0 Å². The van der Waals surface area contributed by atoms with E-state index in [0.29, 0.717) is 13.1 Å². The normalized spacial score (nSPS) is 22.2. The molecule has 0 unspecified atom stereocenters. The van der Waals surface area contributed by atoms with Gasteiger partial charge in [0.2, 0.25) is 0 Å². The quantitative estimate of drug-likeness (QED) is 0.643. The summed E-state index contributed by atoms with van der Waals surface area (Å²) >= 11 is 0. The zero-order valence-electron chi connectivity index (χ0n) is 8.72. The maximum Gasteiger partial charge on any atom is 0.315 e. The van der Waals surface area contributed by atoms with Gasteiger partial charge in [-0.1, -0.05) is 13.8 Å². The number of hydrogen-bond acceptors (Lipinski definition) is 1. The number of rotatable bonds is 1. The van der Waals surface area contributed by atoms with Crippen molar-refractivity contribution in [2.75, 3.05) is 13.1 Å². The summed E-state index contributed by atoms with van der Waals surface area (Å²) in [6, 6.07) is 0.